The van der Waals surface area contributed by atoms with Crippen molar-refractivity contribution < 1.29 is 29.0 Å². The van der Waals surface area contributed by atoms with Crippen LogP contribution in [0.5, 0.6) is 0 Å². The SMILES string of the molecule is CC(=O)OCC1=C(C(=O)O)N2C(=O)[C@@H](NC(=O)CSc3nc4ccccc4s3)[C@H]2SC1. The van der Waals surface area contributed by atoms with Gasteiger partial charge in [-0.15, -0.1) is 23.1 Å². The zero-order valence-electron chi connectivity index (χ0n) is 16.2. The topological polar surface area (TPSA) is 126 Å². The first kappa shape index (κ1) is 21.7. The van der Waals surface area contributed by atoms with Crippen LogP contribution in [0.25, 0.3) is 10.2 Å². The lowest BCUT2D eigenvalue weighted by Gasteiger charge is -2.49. The molecular weight excluding hydrogens is 462 g/mol. The number of thiazole rings is 1. The molecule has 4 rings (SSSR count). The van der Waals surface area contributed by atoms with E-state index in [1.165, 1.54) is 41.8 Å². The van der Waals surface area contributed by atoms with Gasteiger partial charge in [-0.1, -0.05) is 23.9 Å². The van der Waals surface area contributed by atoms with E-state index in [1.807, 2.05) is 24.3 Å². The summed E-state index contributed by atoms with van der Waals surface area (Å²) in [7, 11) is 0. The highest BCUT2D eigenvalue weighted by Crippen LogP contribution is 2.40. The van der Waals surface area contributed by atoms with Crippen LogP contribution in [-0.2, 0) is 23.9 Å². The van der Waals surface area contributed by atoms with E-state index in [2.05, 4.69) is 10.3 Å². The predicted octanol–water partition coefficient (Wildman–Crippen LogP) is 1.69. The first-order valence-corrected chi connectivity index (χ1v) is 12.0. The summed E-state index contributed by atoms with van der Waals surface area (Å²) < 4.78 is 6.70. The van der Waals surface area contributed by atoms with Gasteiger partial charge in [0.05, 0.1) is 16.0 Å². The molecule has 2 N–H and O–H groups in total. The minimum atomic E-state index is -1.27. The van der Waals surface area contributed by atoms with Gasteiger partial charge in [-0.3, -0.25) is 19.3 Å². The van der Waals surface area contributed by atoms with Crippen LogP contribution >= 0.6 is 34.9 Å². The Morgan fingerprint density at radius 1 is 1.35 bits per heavy atom. The third-order valence-electron chi connectivity index (χ3n) is 4.62. The molecule has 1 aromatic heterocycles. The Morgan fingerprint density at radius 3 is 2.84 bits per heavy atom. The molecule has 12 heteroatoms. The minimum absolute atomic E-state index is 0.0975. The third-order valence-corrected chi connectivity index (χ3v) is 8.14. The lowest BCUT2D eigenvalue weighted by Crippen LogP contribution is -2.70. The van der Waals surface area contributed by atoms with E-state index in [1.54, 1.807) is 0 Å². The maximum Gasteiger partial charge on any atom is 0.352 e. The Hall–Kier alpha value is -2.57. The lowest BCUT2D eigenvalue weighted by atomic mass is 10.0. The third kappa shape index (κ3) is 4.41. The second-order valence-corrected chi connectivity index (χ2v) is 10.1. The van der Waals surface area contributed by atoms with Crippen LogP contribution in [0, 0.1) is 0 Å². The van der Waals surface area contributed by atoms with Crippen LogP contribution in [0.3, 0.4) is 0 Å². The molecule has 2 aliphatic rings. The lowest BCUT2D eigenvalue weighted by molar-refractivity contribution is -0.150. The number of fused-ring (bicyclic) bond motifs is 2. The van der Waals surface area contributed by atoms with Crippen LogP contribution in [0.15, 0.2) is 39.9 Å². The number of nitrogens with zero attached hydrogens (tertiary/aromatic N) is 2. The number of hydrogen-bond acceptors (Lipinski definition) is 9. The molecule has 2 amide bonds. The molecule has 3 heterocycles. The van der Waals surface area contributed by atoms with E-state index in [0.29, 0.717) is 5.57 Å². The Bertz CT molecular complexity index is 1080. The number of nitrogens with one attached hydrogen (secondary N) is 1. The van der Waals surface area contributed by atoms with Gasteiger partial charge in [-0.2, -0.15) is 0 Å². The summed E-state index contributed by atoms with van der Waals surface area (Å²) in [5.41, 5.74) is 1.05. The maximum atomic E-state index is 12.6. The zero-order valence-corrected chi connectivity index (χ0v) is 18.6. The zero-order chi connectivity index (χ0) is 22.1. The van der Waals surface area contributed by atoms with Crippen molar-refractivity contribution in [3.05, 3.63) is 35.5 Å². The maximum absolute atomic E-state index is 12.6. The van der Waals surface area contributed by atoms with Gasteiger partial charge in [-0.25, -0.2) is 9.78 Å². The van der Waals surface area contributed by atoms with Crippen molar-refractivity contribution in [1.29, 1.82) is 0 Å². The van der Waals surface area contributed by atoms with Crippen molar-refractivity contribution in [3.63, 3.8) is 0 Å². The molecular formula is C19H17N3O6S3. The highest BCUT2D eigenvalue weighted by molar-refractivity contribution is 8.01. The molecule has 0 bridgehead atoms. The number of aliphatic carboxylic acids is 1. The molecule has 2 atom stereocenters. The Kier molecular flexibility index (Phi) is 6.21. The fraction of sp³-hybridized carbons (Fsp3) is 0.316. The van der Waals surface area contributed by atoms with Crippen LogP contribution < -0.4 is 5.32 Å². The van der Waals surface area contributed by atoms with Crippen LogP contribution in [0.4, 0.5) is 0 Å². The molecule has 31 heavy (non-hydrogen) atoms. The Balaban J connectivity index is 1.37. The number of esters is 1. The van der Waals surface area contributed by atoms with Gasteiger partial charge in [-0.05, 0) is 12.1 Å². The smallest absolute Gasteiger partial charge is 0.352 e. The number of carbonyl (C=O) groups is 4. The van der Waals surface area contributed by atoms with E-state index in [-0.39, 0.29) is 29.7 Å². The number of carbonyl (C=O) groups excluding carboxylic acids is 3. The molecule has 1 aromatic carbocycles. The van der Waals surface area contributed by atoms with Crippen molar-refractivity contribution in [2.24, 2.45) is 0 Å². The molecule has 9 nitrogen and oxygen atoms in total. The molecule has 162 valence electrons. The number of carboxylic acid groups (broad SMARTS) is 1. The normalized spacial score (nSPS) is 20.3. The quantitative estimate of drug-likeness (QED) is 0.347. The Labute approximate surface area is 189 Å². The van der Waals surface area contributed by atoms with Crippen LogP contribution in [0.2, 0.25) is 0 Å². The first-order valence-electron chi connectivity index (χ1n) is 9.16. The molecule has 2 aromatic rings. The highest BCUT2D eigenvalue weighted by atomic mass is 32.2. The van der Waals surface area contributed by atoms with Crippen molar-refractivity contribution >= 4 is 68.8 Å². The number of aromatic nitrogens is 1. The Morgan fingerprint density at radius 2 is 2.13 bits per heavy atom. The van der Waals surface area contributed by atoms with Crippen molar-refractivity contribution in [2.45, 2.75) is 22.7 Å². The minimum Gasteiger partial charge on any atom is -0.477 e. The van der Waals surface area contributed by atoms with Gasteiger partial charge < -0.3 is 15.2 Å². The van der Waals surface area contributed by atoms with Gasteiger partial charge in [0.25, 0.3) is 5.91 Å². The standard InChI is InChI=1S/C19H17N3O6S3/c1-9(23)28-6-10-7-29-17-14(16(25)22(17)15(10)18(26)27)21-13(24)8-30-19-20-11-4-2-3-5-12(11)31-19/h2-5,14,17H,6-8H2,1H3,(H,21,24)(H,26,27)/t14-,17-/m1/s1. The summed E-state index contributed by atoms with van der Waals surface area (Å²) in [4.78, 5) is 53.4. The number of rotatable bonds is 7. The monoisotopic (exact) mass is 479 g/mol. The van der Waals surface area contributed by atoms with Gasteiger partial charge in [0.15, 0.2) is 4.34 Å². The summed E-state index contributed by atoms with van der Waals surface area (Å²) in [6.45, 7) is 1.04. The van der Waals surface area contributed by atoms with Crippen LogP contribution in [-0.4, -0.2) is 68.3 Å². The first-order chi connectivity index (χ1) is 14.8. The highest BCUT2D eigenvalue weighted by Gasteiger charge is 2.54. The number of para-hydroxylation sites is 1. The van der Waals surface area contributed by atoms with E-state index in [9.17, 15) is 24.3 Å². The van der Waals surface area contributed by atoms with Gasteiger partial charge in [0.2, 0.25) is 5.91 Å². The van der Waals surface area contributed by atoms with Gasteiger partial charge >= 0.3 is 11.9 Å². The molecule has 0 radical (unpaired) electrons. The van der Waals surface area contributed by atoms with Crippen LogP contribution in [0.1, 0.15) is 6.92 Å². The van der Waals surface area contributed by atoms with E-state index in [4.69, 9.17) is 4.74 Å². The summed E-state index contributed by atoms with van der Waals surface area (Å²) in [6, 6.07) is 6.90. The second-order valence-electron chi connectivity index (χ2n) is 6.73. The number of carboxylic acids is 1. The number of ether oxygens (including phenoxy) is 1. The molecule has 0 unspecified atom stereocenters. The molecule has 2 aliphatic heterocycles. The molecule has 1 fully saturated rings. The van der Waals surface area contributed by atoms with Crippen molar-refractivity contribution in [3.8, 4) is 0 Å². The van der Waals surface area contributed by atoms with E-state index in [0.717, 1.165) is 19.5 Å². The van der Waals surface area contributed by atoms with E-state index < -0.39 is 29.3 Å². The number of benzene rings is 1. The summed E-state index contributed by atoms with van der Waals surface area (Å²) in [5.74, 6) is -2.23. The van der Waals surface area contributed by atoms with Gasteiger partial charge in [0.1, 0.15) is 23.7 Å². The van der Waals surface area contributed by atoms with Crippen molar-refractivity contribution in [1.82, 2.24) is 15.2 Å². The average Bonchev–Trinajstić information content (AvgIpc) is 3.16. The summed E-state index contributed by atoms with van der Waals surface area (Å²) in [5, 5.41) is 11.7. The van der Waals surface area contributed by atoms with Gasteiger partial charge in [0, 0.05) is 18.2 Å². The fourth-order valence-electron chi connectivity index (χ4n) is 3.24. The molecule has 0 saturated carbocycles. The fourth-order valence-corrected chi connectivity index (χ4v) is 6.45. The number of hydrogen-bond donors (Lipinski definition) is 2. The number of thioether (sulfide) groups is 2. The molecule has 0 aliphatic carbocycles. The largest absolute Gasteiger partial charge is 0.477 e. The molecule has 1 saturated heterocycles. The predicted molar refractivity (Wildman–Crippen MR) is 117 cm³/mol. The van der Waals surface area contributed by atoms with Crippen molar-refractivity contribution in [2.75, 3.05) is 18.1 Å². The van der Waals surface area contributed by atoms with E-state index >= 15 is 0 Å². The average molecular weight is 480 g/mol. The number of amides is 2. The second kappa shape index (κ2) is 8.89. The summed E-state index contributed by atoms with van der Waals surface area (Å²) >= 11 is 4.11. The molecule has 0 spiro atoms. The summed E-state index contributed by atoms with van der Waals surface area (Å²) in [6.07, 6.45) is 0. The number of β-lactam (4-membered cyclic amide) rings is 1.